The second-order valence-corrected chi connectivity index (χ2v) is 10.2. The molecule has 35 heavy (non-hydrogen) atoms. The number of hydrogen-bond donors (Lipinski definition) is 2. The SMILES string of the molecule is Cc1ccc(-c2noc(CCC(=O)Nc3ccc(S(=O)(=O)Nc4ccc(Cl)c(Cl)c4)cc3)n2)cc1. The first kappa shape index (κ1) is 24.7. The van der Waals surface area contributed by atoms with Crippen LogP contribution in [0.2, 0.25) is 10.0 Å². The Bertz CT molecular complexity index is 1450. The molecule has 8 nitrogen and oxygen atoms in total. The first-order valence-electron chi connectivity index (χ1n) is 10.5. The number of rotatable bonds is 8. The molecule has 3 aromatic carbocycles. The molecule has 0 saturated carbocycles. The fourth-order valence-corrected chi connectivity index (χ4v) is 4.46. The Balaban J connectivity index is 1.32. The topological polar surface area (TPSA) is 114 Å². The number of carbonyl (C=O) groups excluding carboxylic acids is 1. The summed E-state index contributed by atoms with van der Waals surface area (Å²) < 4.78 is 32.9. The summed E-state index contributed by atoms with van der Waals surface area (Å²) in [6.07, 6.45) is 0.388. The number of aromatic nitrogens is 2. The number of halogens is 2. The van der Waals surface area contributed by atoms with Gasteiger partial charge in [-0.05, 0) is 49.4 Å². The van der Waals surface area contributed by atoms with E-state index in [0.29, 0.717) is 22.4 Å². The minimum absolute atomic E-state index is 0.0241. The van der Waals surface area contributed by atoms with E-state index in [9.17, 15) is 13.2 Å². The van der Waals surface area contributed by atoms with E-state index in [4.69, 9.17) is 27.7 Å². The van der Waals surface area contributed by atoms with Crippen molar-refractivity contribution in [1.82, 2.24) is 10.1 Å². The highest BCUT2D eigenvalue weighted by Gasteiger charge is 2.16. The molecule has 1 amide bonds. The summed E-state index contributed by atoms with van der Waals surface area (Å²) in [5.74, 6) is 0.543. The first-order valence-corrected chi connectivity index (χ1v) is 12.7. The smallest absolute Gasteiger partial charge is 0.261 e. The van der Waals surface area contributed by atoms with Crippen LogP contribution in [-0.4, -0.2) is 24.5 Å². The molecule has 0 bridgehead atoms. The number of carbonyl (C=O) groups is 1. The Hall–Kier alpha value is -3.40. The Morgan fingerprint density at radius 1 is 0.943 bits per heavy atom. The van der Waals surface area contributed by atoms with Gasteiger partial charge in [-0.3, -0.25) is 9.52 Å². The largest absolute Gasteiger partial charge is 0.339 e. The molecule has 180 valence electrons. The summed E-state index contributed by atoms with van der Waals surface area (Å²) in [7, 11) is -3.85. The Morgan fingerprint density at radius 3 is 2.31 bits per heavy atom. The zero-order valence-corrected chi connectivity index (χ0v) is 20.8. The van der Waals surface area contributed by atoms with Gasteiger partial charge >= 0.3 is 0 Å². The van der Waals surface area contributed by atoms with Crippen LogP contribution in [-0.2, 0) is 21.2 Å². The van der Waals surface area contributed by atoms with Crippen molar-refractivity contribution in [2.45, 2.75) is 24.7 Å². The number of anilines is 2. The maximum Gasteiger partial charge on any atom is 0.261 e. The van der Waals surface area contributed by atoms with Crippen LogP contribution in [0.5, 0.6) is 0 Å². The molecule has 0 aliphatic carbocycles. The van der Waals surface area contributed by atoms with Gasteiger partial charge in [0.2, 0.25) is 17.6 Å². The number of aryl methyl sites for hydroxylation is 2. The van der Waals surface area contributed by atoms with Crippen molar-refractivity contribution in [1.29, 1.82) is 0 Å². The lowest BCUT2D eigenvalue weighted by Gasteiger charge is -2.10. The van der Waals surface area contributed by atoms with E-state index in [0.717, 1.165) is 11.1 Å². The second kappa shape index (κ2) is 10.5. The molecule has 0 radical (unpaired) electrons. The van der Waals surface area contributed by atoms with Crippen LogP contribution in [0.3, 0.4) is 0 Å². The van der Waals surface area contributed by atoms with E-state index in [1.165, 1.54) is 42.5 Å². The second-order valence-electron chi connectivity index (χ2n) is 7.68. The van der Waals surface area contributed by atoms with Crippen molar-refractivity contribution in [3.8, 4) is 11.4 Å². The summed E-state index contributed by atoms with van der Waals surface area (Å²) in [6, 6.07) is 17.9. The monoisotopic (exact) mass is 530 g/mol. The number of amides is 1. The molecular formula is C24H20Cl2N4O4S. The number of benzene rings is 3. The predicted molar refractivity (Wildman–Crippen MR) is 135 cm³/mol. The van der Waals surface area contributed by atoms with Crippen LogP contribution in [0.25, 0.3) is 11.4 Å². The van der Waals surface area contributed by atoms with Crippen molar-refractivity contribution in [2.75, 3.05) is 10.0 Å². The van der Waals surface area contributed by atoms with E-state index in [-0.39, 0.29) is 34.4 Å². The van der Waals surface area contributed by atoms with E-state index in [1.807, 2.05) is 31.2 Å². The lowest BCUT2D eigenvalue weighted by molar-refractivity contribution is -0.116. The van der Waals surface area contributed by atoms with E-state index in [2.05, 4.69) is 20.2 Å². The molecule has 1 aromatic heterocycles. The van der Waals surface area contributed by atoms with Gasteiger partial charge in [0.05, 0.1) is 20.6 Å². The first-order chi connectivity index (χ1) is 16.7. The van der Waals surface area contributed by atoms with Crippen LogP contribution in [0.4, 0.5) is 11.4 Å². The molecule has 4 rings (SSSR count). The maximum absolute atomic E-state index is 12.6. The van der Waals surface area contributed by atoms with Crippen molar-refractivity contribution < 1.29 is 17.7 Å². The molecule has 0 spiro atoms. The van der Waals surface area contributed by atoms with Crippen LogP contribution in [0.1, 0.15) is 17.9 Å². The molecule has 0 unspecified atom stereocenters. The summed E-state index contributed by atoms with van der Waals surface area (Å²) in [5.41, 5.74) is 2.69. The molecule has 4 aromatic rings. The van der Waals surface area contributed by atoms with Gasteiger partial charge in [0.15, 0.2) is 0 Å². The third-order valence-corrected chi connectivity index (χ3v) is 7.10. The van der Waals surface area contributed by atoms with Crippen LogP contribution < -0.4 is 10.0 Å². The summed E-state index contributed by atoms with van der Waals surface area (Å²) in [6.45, 7) is 1.99. The molecule has 0 saturated heterocycles. The fraction of sp³-hybridized carbons (Fsp3) is 0.125. The Labute approximate surface area is 212 Å². The molecule has 1 heterocycles. The Morgan fingerprint density at radius 2 is 1.63 bits per heavy atom. The van der Waals surface area contributed by atoms with Crippen molar-refractivity contribution >= 4 is 50.5 Å². The highest BCUT2D eigenvalue weighted by atomic mass is 35.5. The highest BCUT2D eigenvalue weighted by Crippen LogP contribution is 2.27. The fourth-order valence-electron chi connectivity index (χ4n) is 3.11. The van der Waals surface area contributed by atoms with E-state index in [1.54, 1.807) is 0 Å². The zero-order valence-electron chi connectivity index (χ0n) is 18.5. The van der Waals surface area contributed by atoms with Gasteiger partial charge in [-0.2, -0.15) is 4.98 Å². The van der Waals surface area contributed by atoms with Gasteiger partial charge in [-0.1, -0.05) is 58.2 Å². The minimum atomic E-state index is -3.85. The molecule has 0 aliphatic heterocycles. The zero-order chi connectivity index (χ0) is 25.0. The van der Waals surface area contributed by atoms with Gasteiger partial charge in [0.1, 0.15) is 0 Å². The molecule has 0 aliphatic rings. The molecular weight excluding hydrogens is 511 g/mol. The minimum Gasteiger partial charge on any atom is -0.339 e. The van der Waals surface area contributed by atoms with Crippen LogP contribution >= 0.6 is 23.2 Å². The summed E-state index contributed by atoms with van der Waals surface area (Å²) >= 11 is 11.8. The van der Waals surface area contributed by atoms with Crippen LogP contribution in [0, 0.1) is 6.92 Å². The maximum atomic E-state index is 12.6. The number of nitrogens with one attached hydrogen (secondary N) is 2. The van der Waals surface area contributed by atoms with Gasteiger partial charge in [0.25, 0.3) is 10.0 Å². The number of sulfonamides is 1. The van der Waals surface area contributed by atoms with Gasteiger partial charge < -0.3 is 9.84 Å². The third kappa shape index (κ3) is 6.39. The normalized spacial score (nSPS) is 11.3. The van der Waals surface area contributed by atoms with Crippen molar-refractivity contribution in [2.24, 2.45) is 0 Å². The number of hydrogen-bond acceptors (Lipinski definition) is 6. The van der Waals surface area contributed by atoms with E-state index >= 15 is 0 Å². The van der Waals surface area contributed by atoms with Gasteiger partial charge in [-0.25, -0.2) is 8.42 Å². The lowest BCUT2D eigenvalue weighted by Crippen LogP contribution is -2.14. The summed E-state index contributed by atoms with van der Waals surface area (Å²) in [4.78, 5) is 16.7. The average molecular weight is 531 g/mol. The Kier molecular flexibility index (Phi) is 7.39. The molecule has 2 N–H and O–H groups in total. The van der Waals surface area contributed by atoms with Crippen molar-refractivity contribution in [3.63, 3.8) is 0 Å². The van der Waals surface area contributed by atoms with Crippen molar-refractivity contribution in [3.05, 3.63) is 88.2 Å². The molecule has 0 atom stereocenters. The predicted octanol–water partition coefficient (Wildman–Crippen LogP) is 5.72. The van der Waals surface area contributed by atoms with Crippen LogP contribution in [0.15, 0.2) is 76.1 Å². The third-order valence-electron chi connectivity index (χ3n) is 4.96. The molecule has 0 fully saturated rings. The quantitative estimate of drug-likeness (QED) is 0.301. The average Bonchev–Trinajstić information content (AvgIpc) is 3.30. The molecule has 11 heteroatoms. The van der Waals surface area contributed by atoms with Gasteiger partial charge in [-0.15, -0.1) is 0 Å². The van der Waals surface area contributed by atoms with Gasteiger partial charge in [0, 0.05) is 24.1 Å². The summed E-state index contributed by atoms with van der Waals surface area (Å²) in [5, 5.41) is 7.23. The lowest BCUT2D eigenvalue weighted by atomic mass is 10.1. The standard InChI is InChI=1S/C24H20Cl2N4O4S/c1-15-2-4-16(5-3-15)24-28-23(34-29-24)13-12-22(31)27-17-6-9-19(10-7-17)35(32,33)30-18-8-11-20(25)21(26)14-18/h2-11,14,30H,12-13H2,1H3,(H,27,31). The highest BCUT2D eigenvalue weighted by molar-refractivity contribution is 7.92. The van der Waals surface area contributed by atoms with E-state index < -0.39 is 10.0 Å². The number of nitrogens with zero attached hydrogens (tertiary/aromatic N) is 2.